The lowest BCUT2D eigenvalue weighted by atomic mass is 9.89. The van der Waals surface area contributed by atoms with Gasteiger partial charge >= 0.3 is 0 Å². The molecule has 3 N–H and O–H groups in total. The van der Waals surface area contributed by atoms with Crippen molar-refractivity contribution in [2.45, 2.75) is 32.1 Å². The van der Waals surface area contributed by atoms with Crippen LogP contribution >= 0.6 is 0 Å². The Hall–Kier alpha value is -1.48. The molecule has 3 nitrogen and oxygen atoms in total. The Balaban J connectivity index is 2.06. The summed E-state index contributed by atoms with van der Waals surface area (Å²) in [7, 11) is 0. The molecule has 92 valence electrons. The van der Waals surface area contributed by atoms with Gasteiger partial charge in [0.2, 0.25) is 0 Å². The summed E-state index contributed by atoms with van der Waals surface area (Å²) in [6.07, 6.45) is 10.8. The number of phenolic OH excluding ortho intramolecular Hbond substituents is 1. The minimum atomic E-state index is 0.177. The van der Waals surface area contributed by atoms with Gasteiger partial charge in [0, 0.05) is 6.07 Å². The summed E-state index contributed by atoms with van der Waals surface area (Å²) in [5.74, 6) is 6.42. The molecule has 1 fully saturated rings. The molecule has 0 saturated heterocycles. The van der Waals surface area contributed by atoms with E-state index >= 15 is 0 Å². The Labute approximate surface area is 102 Å². The van der Waals surface area contributed by atoms with Crippen LogP contribution in [0.2, 0.25) is 0 Å². The van der Waals surface area contributed by atoms with Crippen LogP contribution in [-0.2, 0) is 0 Å². The van der Waals surface area contributed by atoms with Gasteiger partial charge in [0.1, 0.15) is 5.75 Å². The van der Waals surface area contributed by atoms with Crippen LogP contribution in [0.1, 0.15) is 37.7 Å². The van der Waals surface area contributed by atoms with Crippen molar-refractivity contribution in [3.05, 3.63) is 29.8 Å². The second-order valence-corrected chi connectivity index (χ2v) is 4.64. The summed E-state index contributed by atoms with van der Waals surface area (Å²) < 4.78 is 0. The zero-order chi connectivity index (χ0) is 12.1. The van der Waals surface area contributed by atoms with E-state index in [0.29, 0.717) is 11.7 Å². The average molecular weight is 233 g/mol. The fraction of sp³-hybridized carbons (Fsp3) is 0.429. The van der Waals surface area contributed by atoms with Gasteiger partial charge in [-0.15, -0.1) is 0 Å². The molecule has 0 amide bonds. The van der Waals surface area contributed by atoms with Crippen molar-refractivity contribution in [3.8, 4) is 11.5 Å². The monoisotopic (exact) mass is 233 g/mol. The summed E-state index contributed by atoms with van der Waals surface area (Å²) in [4.78, 5) is 4.63. The maximum Gasteiger partial charge on any atom is 0.151 e. The normalized spacial score (nSPS) is 17.5. The van der Waals surface area contributed by atoms with Gasteiger partial charge in [-0.2, -0.15) is 5.90 Å². The van der Waals surface area contributed by atoms with Crippen LogP contribution in [0.15, 0.2) is 24.3 Å². The highest BCUT2D eigenvalue weighted by molar-refractivity contribution is 5.55. The van der Waals surface area contributed by atoms with Gasteiger partial charge in [0.15, 0.2) is 5.75 Å². The van der Waals surface area contributed by atoms with E-state index in [1.165, 1.54) is 38.2 Å². The smallest absolute Gasteiger partial charge is 0.151 e. The summed E-state index contributed by atoms with van der Waals surface area (Å²) >= 11 is 0. The molecule has 0 bridgehead atoms. The molecular formula is C14H19NO2. The number of hydrogen-bond acceptors (Lipinski definition) is 3. The first kappa shape index (κ1) is 12.0. The van der Waals surface area contributed by atoms with Crippen molar-refractivity contribution in [3.63, 3.8) is 0 Å². The van der Waals surface area contributed by atoms with E-state index in [-0.39, 0.29) is 5.75 Å². The van der Waals surface area contributed by atoms with Gasteiger partial charge in [-0.1, -0.05) is 31.4 Å². The highest BCUT2D eigenvalue weighted by atomic mass is 16.6. The number of nitrogens with two attached hydrogens (primary N) is 1. The summed E-state index contributed by atoms with van der Waals surface area (Å²) in [5, 5.41) is 9.49. The third-order valence-electron chi connectivity index (χ3n) is 3.26. The second-order valence-electron chi connectivity index (χ2n) is 4.64. The highest BCUT2D eigenvalue weighted by Crippen LogP contribution is 2.27. The average Bonchev–Trinajstić information content (AvgIpc) is 2.37. The van der Waals surface area contributed by atoms with Crippen molar-refractivity contribution in [1.29, 1.82) is 0 Å². The van der Waals surface area contributed by atoms with Gasteiger partial charge in [-0.3, -0.25) is 0 Å². The van der Waals surface area contributed by atoms with Crippen LogP contribution in [0, 0.1) is 5.92 Å². The van der Waals surface area contributed by atoms with E-state index in [4.69, 9.17) is 5.90 Å². The largest absolute Gasteiger partial charge is 0.508 e. The minimum absolute atomic E-state index is 0.177. The molecule has 1 saturated carbocycles. The molecule has 0 heterocycles. The van der Waals surface area contributed by atoms with E-state index in [9.17, 15) is 5.11 Å². The van der Waals surface area contributed by atoms with E-state index in [0.717, 1.165) is 5.56 Å². The van der Waals surface area contributed by atoms with E-state index in [1.54, 1.807) is 6.07 Å². The number of allylic oxidation sites excluding steroid dienone is 1. The summed E-state index contributed by atoms with van der Waals surface area (Å²) in [6, 6.07) is 5.03. The molecule has 0 atom stereocenters. The van der Waals surface area contributed by atoms with E-state index in [1.807, 2.05) is 12.1 Å². The second kappa shape index (κ2) is 5.73. The topological polar surface area (TPSA) is 55.5 Å². The van der Waals surface area contributed by atoms with Crippen LogP contribution in [0.5, 0.6) is 11.5 Å². The lowest BCUT2D eigenvalue weighted by Gasteiger charge is -2.17. The predicted molar refractivity (Wildman–Crippen MR) is 68.5 cm³/mol. The Morgan fingerprint density at radius 2 is 1.94 bits per heavy atom. The van der Waals surface area contributed by atoms with Gasteiger partial charge < -0.3 is 9.94 Å². The Morgan fingerprint density at radius 3 is 2.65 bits per heavy atom. The first-order chi connectivity index (χ1) is 8.28. The Bertz CT molecular complexity index is 395. The third-order valence-corrected chi connectivity index (χ3v) is 3.26. The molecule has 0 spiro atoms. The summed E-state index contributed by atoms with van der Waals surface area (Å²) in [5.41, 5.74) is 0.927. The van der Waals surface area contributed by atoms with Gasteiger partial charge in [0.25, 0.3) is 0 Å². The molecule has 1 aliphatic carbocycles. The molecule has 1 aromatic carbocycles. The number of rotatable bonds is 3. The molecule has 1 aliphatic rings. The number of aromatic hydroxyl groups is 1. The van der Waals surface area contributed by atoms with Crippen LogP contribution in [0.3, 0.4) is 0 Å². The van der Waals surface area contributed by atoms with Crippen LogP contribution in [0.25, 0.3) is 6.08 Å². The zero-order valence-corrected chi connectivity index (χ0v) is 9.93. The fourth-order valence-electron chi connectivity index (χ4n) is 2.34. The van der Waals surface area contributed by atoms with Crippen molar-refractivity contribution in [1.82, 2.24) is 0 Å². The van der Waals surface area contributed by atoms with Gasteiger partial charge in [-0.05, 0) is 36.5 Å². The Morgan fingerprint density at radius 1 is 1.18 bits per heavy atom. The molecule has 0 unspecified atom stereocenters. The van der Waals surface area contributed by atoms with E-state index < -0.39 is 0 Å². The third kappa shape index (κ3) is 3.49. The molecule has 0 aromatic heterocycles. The maximum atomic E-state index is 9.49. The lowest BCUT2D eigenvalue weighted by Crippen LogP contribution is -2.02. The predicted octanol–water partition coefficient (Wildman–Crippen LogP) is 3.24. The molecular weight excluding hydrogens is 214 g/mol. The van der Waals surface area contributed by atoms with Gasteiger partial charge in [-0.25, -0.2) is 0 Å². The highest BCUT2D eigenvalue weighted by Gasteiger charge is 2.09. The zero-order valence-electron chi connectivity index (χ0n) is 9.93. The van der Waals surface area contributed by atoms with Crippen molar-refractivity contribution < 1.29 is 9.94 Å². The molecule has 17 heavy (non-hydrogen) atoms. The first-order valence-corrected chi connectivity index (χ1v) is 6.17. The van der Waals surface area contributed by atoms with Crippen LogP contribution in [0.4, 0.5) is 0 Å². The Kier molecular flexibility index (Phi) is 4.04. The molecule has 2 rings (SSSR count). The number of hydrogen-bond donors (Lipinski definition) is 2. The lowest BCUT2D eigenvalue weighted by molar-refractivity contribution is 0.332. The standard InChI is InChI=1S/C14H19NO2/c15-17-14-9-12(8-13(16)10-14)7-6-11-4-2-1-3-5-11/h6-11,16H,1-5,15H2/b7-6+. The SMILES string of the molecule is NOc1cc(O)cc(/C=C/C2CCCCC2)c1. The maximum absolute atomic E-state index is 9.49. The first-order valence-electron chi connectivity index (χ1n) is 6.17. The number of benzene rings is 1. The molecule has 1 aromatic rings. The number of phenols is 1. The minimum Gasteiger partial charge on any atom is -0.508 e. The van der Waals surface area contributed by atoms with Gasteiger partial charge in [0.05, 0.1) is 0 Å². The summed E-state index contributed by atoms with van der Waals surface area (Å²) in [6.45, 7) is 0. The van der Waals surface area contributed by atoms with Crippen LogP contribution in [-0.4, -0.2) is 5.11 Å². The fourth-order valence-corrected chi connectivity index (χ4v) is 2.34. The van der Waals surface area contributed by atoms with E-state index in [2.05, 4.69) is 10.9 Å². The van der Waals surface area contributed by atoms with Crippen molar-refractivity contribution in [2.24, 2.45) is 11.8 Å². The molecule has 0 aliphatic heterocycles. The molecule has 0 radical (unpaired) electrons. The van der Waals surface area contributed by atoms with Crippen molar-refractivity contribution in [2.75, 3.05) is 0 Å². The van der Waals surface area contributed by atoms with Crippen molar-refractivity contribution >= 4 is 6.08 Å². The quantitative estimate of drug-likeness (QED) is 0.788. The van der Waals surface area contributed by atoms with Crippen LogP contribution < -0.4 is 10.7 Å². The molecule has 3 heteroatoms.